The minimum atomic E-state index is -0.704. The molecule has 0 aromatic heterocycles. The molecule has 2 nitrogen and oxygen atoms in total. The van der Waals surface area contributed by atoms with Gasteiger partial charge in [0.05, 0.1) is 12.2 Å². The third-order valence-electron chi connectivity index (χ3n) is 4.08. The molecule has 3 aliphatic rings. The Morgan fingerprint density at radius 3 is 2.75 bits per heavy atom. The minimum absolute atomic E-state index is 0.0966. The Labute approximate surface area is 72.9 Å². The number of fused-ring (bicyclic) bond motifs is 1. The van der Waals surface area contributed by atoms with E-state index in [4.69, 9.17) is 0 Å². The molecule has 0 amide bonds. The van der Waals surface area contributed by atoms with Gasteiger partial charge in [0.1, 0.15) is 0 Å². The van der Waals surface area contributed by atoms with Crippen LogP contribution in [0.3, 0.4) is 0 Å². The Hall–Kier alpha value is -0.340. The molecule has 1 saturated carbocycles. The first-order valence-corrected chi connectivity index (χ1v) is 4.55. The van der Waals surface area contributed by atoms with Gasteiger partial charge in [-0.2, -0.15) is 0 Å². The van der Waals surface area contributed by atoms with Crippen LogP contribution in [-0.2, 0) is 0 Å². The van der Waals surface area contributed by atoms with E-state index < -0.39 is 5.60 Å². The lowest BCUT2D eigenvalue weighted by Gasteiger charge is -2.62. The van der Waals surface area contributed by atoms with Gasteiger partial charge >= 0.3 is 0 Å². The average molecular weight is 168 g/mol. The van der Waals surface area contributed by atoms with Crippen molar-refractivity contribution in [2.24, 2.45) is 11.3 Å². The summed E-state index contributed by atoms with van der Waals surface area (Å²) in [6.45, 7) is 4.04. The van der Waals surface area contributed by atoms with E-state index in [1.165, 1.54) is 0 Å². The molecule has 1 fully saturated rings. The van der Waals surface area contributed by atoms with Crippen LogP contribution >= 0.6 is 0 Å². The van der Waals surface area contributed by atoms with Gasteiger partial charge < -0.3 is 10.2 Å². The smallest absolute Gasteiger partial charge is 0.0935 e. The lowest BCUT2D eigenvalue weighted by molar-refractivity contribution is -0.203. The third kappa shape index (κ3) is 0.639. The van der Waals surface area contributed by atoms with Gasteiger partial charge in [-0.3, -0.25) is 0 Å². The van der Waals surface area contributed by atoms with Crippen molar-refractivity contribution in [1.82, 2.24) is 0 Å². The van der Waals surface area contributed by atoms with Gasteiger partial charge in [-0.05, 0) is 31.3 Å². The summed E-state index contributed by atoms with van der Waals surface area (Å²) >= 11 is 0. The maximum absolute atomic E-state index is 10.2. The molecule has 0 radical (unpaired) electrons. The fourth-order valence-electron chi connectivity index (χ4n) is 2.72. The van der Waals surface area contributed by atoms with E-state index in [2.05, 4.69) is 6.08 Å². The van der Waals surface area contributed by atoms with Gasteiger partial charge in [0.15, 0.2) is 0 Å². The first-order chi connectivity index (χ1) is 5.54. The van der Waals surface area contributed by atoms with E-state index in [0.29, 0.717) is 5.92 Å². The first kappa shape index (κ1) is 8.27. The monoisotopic (exact) mass is 168 g/mol. The van der Waals surface area contributed by atoms with E-state index in [9.17, 15) is 10.2 Å². The van der Waals surface area contributed by atoms with Gasteiger partial charge in [-0.15, -0.1) is 0 Å². The second kappa shape index (κ2) is 2.12. The number of rotatable bonds is 1. The van der Waals surface area contributed by atoms with Crippen LogP contribution in [-0.4, -0.2) is 22.4 Å². The molecule has 0 unspecified atom stereocenters. The highest BCUT2D eigenvalue weighted by molar-refractivity contribution is 5.32. The van der Waals surface area contributed by atoms with Crippen molar-refractivity contribution >= 4 is 0 Å². The van der Waals surface area contributed by atoms with Crippen molar-refractivity contribution in [1.29, 1.82) is 0 Å². The van der Waals surface area contributed by atoms with Gasteiger partial charge in [0, 0.05) is 5.41 Å². The van der Waals surface area contributed by atoms with E-state index in [-0.39, 0.29) is 12.0 Å². The Morgan fingerprint density at radius 2 is 2.33 bits per heavy atom. The SMILES string of the molecule is CC1=CC[C@H]2C[C@]1(O)[C@]2(C)CO. The predicted molar refractivity (Wildman–Crippen MR) is 46.6 cm³/mol. The van der Waals surface area contributed by atoms with Crippen LogP contribution in [0.4, 0.5) is 0 Å². The summed E-state index contributed by atoms with van der Waals surface area (Å²) in [4.78, 5) is 0. The fraction of sp³-hybridized carbons (Fsp3) is 0.800. The van der Waals surface area contributed by atoms with E-state index in [0.717, 1.165) is 18.4 Å². The van der Waals surface area contributed by atoms with Crippen molar-refractivity contribution in [2.45, 2.75) is 32.3 Å². The molecule has 0 spiro atoms. The summed E-state index contributed by atoms with van der Waals surface area (Å²) in [6.07, 6.45) is 3.96. The summed E-state index contributed by atoms with van der Waals surface area (Å²) in [7, 11) is 0. The highest BCUT2D eigenvalue weighted by Crippen LogP contribution is 2.61. The Kier molecular flexibility index (Phi) is 1.46. The summed E-state index contributed by atoms with van der Waals surface area (Å²) < 4.78 is 0. The van der Waals surface area contributed by atoms with Crippen LogP contribution in [0.15, 0.2) is 11.6 Å². The zero-order valence-corrected chi connectivity index (χ0v) is 7.67. The van der Waals surface area contributed by atoms with Crippen LogP contribution < -0.4 is 0 Å². The van der Waals surface area contributed by atoms with Gasteiger partial charge in [-0.1, -0.05) is 13.0 Å². The maximum atomic E-state index is 10.2. The molecule has 68 valence electrons. The van der Waals surface area contributed by atoms with Crippen molar-refractivity contribution in [2.75, 3.05) is 6.61 Å². The first-order valence-electron chi connectivity index (χ1n) is 4.55. The van der Waals surface area contributed by atoms with Gasteiger partial charge in [0.25, 0.3) is 0 Å². The molecule has 0 saturated heterocycles. The number of allylic oxidation sites excluding steroid dienone is 1. The van der Waals surface area contributed by atoms with Crippen LogP contribution in [0.1, 0.15) is 26.7 Å². The normalized spacial score (nSPS) is 51.3. The topological polar surface area (TPSA) is 40.5 Å². The third-order valence-corrected chi connectivity index (χ3v) is 4.08. The summed E-state index contributed by atoms with van der Waals surface area (Å²) in [5, 5.41) is 19.4. The Balaban J connectivity index is 2.39. The number of aliphatic hydroxyl groups is 2. The second-order valence-corrected chi connectivity index (χ2v) is 4.46. The number of aliphatic hydroxyl groups excluding tert-OH is 1. The second-order valence-electron chi connectivity index (χ2n) is 4.46. The van der Waals surface area contributed by atoms with Crippen LogP contribution in [0, 0.1) is 11.3 Å². The summed E-state index contributed by atoms with van der Waals surface area (Å²) in [5.74, 6) is 0.483. The quantitative estimate of drug-likeness (QED) is 0.575. The van der Waals surface area contributed by atoms with Crippen molar-refractivity contribution in [3.63, 3.8) is 0 Å². The molecule has 3 aliphatic carbocycles. The largest absolute Gasteiger partial charge is 0.396 e. The van der Waals surface area contributed by atoms with Crippen LogP contribution in [0.5, 0.6) is 0 Å². The van der Waals surface area contributed by atoms with Crippen molar-refractivity contribution < 1.29 is 10.2 Å². The number of hydrogen-bond acceptors (Lipinski definition) is 2. The number of hydrogen-bond donors (Lipinski definition) is 2. The van der Waals surface area contributed by atoms with Crippen LogP contribution in [0.25, 0.3) is 0 Å². The molecule has 3 rings (SSSR count). The Morgan fingerprint density at radius 1 is 1.67 bits per heavy atom. The molecule has 2 bridgehead atoms. The van der Waals surface area contributed by atoms with Gasteiger partial charge in [-0.25, -0.2) is 0 Å². The molecule has 2 N–H and O–H groups in total. The average Bonchev–Trinajstić information content (AvgIpc) is 2.07. The van der Waals surface area contributed by atoms with Crippen molar-refractivity contribution in [3.05, 3.63) is 11.6 Å². The Bertz CT molecular complexity index is 246. The lowest BCUT2D eigenvalue weighted by Crippen LogP contribution is -2.66. The molecule has 0 heterocycles. The van der Waals surface area contributed by atoms with E-state index in [1.807, 2.05) is 13.8 Å². The molecule has 0 aromatic carbocycles. The zero-order chi connectivity index (χ0) is 8.98. The highest BCUT2D eigenvalue weighted by Gasteiger charge is 2.63. The van der Waals surface area contributed by atoms with E-state index >= 15 is 0 Å². The minimum Gasteiger partial charge on any atom is -0.396 e. The molecule has 0 aliphatic heterocycles. The standard InChI is InChI=1S/C10H16O2/c1-7-3-4-8-5-10(7,12)9(8,2)6-11/h3,8,11-12H,4-6H2,1-2H3/t8-,9+,10+/m0/s1. The molecule has 0 aromatic rings. The van der Waals surface area contributed by atoms with Crippen molar-refractivity contribution in [3.8, 4) is 0 Å². The summed E-state index contributed by atoms with van der Waals surface area (Å²) in [6, 6.07) is 0. The molecule has 12 heavy (non-hydrogen) atoms. The molecular weight excluding hydrogens is 152 g/mol. The van der Waals surface area contributed by atoms with Gasteiger partial charge in [0.2, 0.25) is 0 Å². The summed E-state index contributed by atoms with van der Waals surface area (Å²) in [5.41, 5.74) is 0.0674. The molecule has 3 atom stereocenters. The molecular formula is C10H16O2. The highest BCUT2D eigenvalue weighted by atomic mass is 16.3. The zero-order valence-electron chi connectivity index (χ0n) is 7.67. The maximum Gasteiger partial charge on any atom is 0.0935 e. The van der Waals surface area contributed by atoms with E-state index in [1.54, 1.807) is 0 Å². The lowest BCUT2D eigenvalue weighted by atomic mass is 9.45. The molecule has 2 heteroatoms. The van der Waals surface area contributed by atoms with Crippen LogP contribution in [0.2, 0.25) is 0 Å². The fourth-order valence-corrected chi connectivity index (χ4v) is 2.72. The predicted octanol–water partition coefficient (Wildman–Crippen LogP) is 1.09.